The van der Waals surface area contributed by atoms with E-state index in [4.69, 9.17) is 5.11 Å². The summed E-state index contributed by atoms with van der Waals surface area (Å²) in [4.78, 5) is 43.7. The molecule has 2 amide bonds. The van der Waals surface area contributed by atoms with E-state index in [0.29, 0.717) is 34.9 Å². The topological polar surface area (TPSA) is 146 Å². The Bertz CT molecular complexity index is 2210. The summed E-state index contributed by atoms with van der Waals surface area (Å²) in [6.45, 7) is 0.298. The third kappa shape index (κ3) is 6.76. The SMILES string of the molecule is O=C(O)c1ccc(CCc2ccc(NC(=O)c3c(NC(=O)c4cccc(S(=O)(=O)N5CCc6cnccc65)c4)sc4c3CCCC4)cc2)cc1. The molecule has 0 saturated heterocycles. The number of carbonyl (C=O) groups is 3. The summed E-state index contributed by atoms with van der Waals surface area (Å²) in [7, 11) is -3.92. The first kappa shape index (κ1) is 33.2. The van der Waals surface area contributed by atoms with E-state index in [1.807, 2.05) is 36.4 Å². The molecule has 3 N–H and O–H groups in total. The number of thiophene rings is 1. The Morgan fingerprint density at radius 3 is 2.28 bits per heavy atom. The number of pyridine rings is 1. The van der Waals surface area contributed by atoms with Gasteiger partial charge in [0, 0.05) is 35.1 Å². The number of aryl methyl sites for hydroxylation is 3. The van der Waals surface area contributed by atoms with Crippen molar-refractivity contribution in [1.29, 1.82) is 0 Å². The van der Waals surface area contributed by atoms with Gasteiger partial charge in [-0.25, -0.2) is 13.2 Å². The van der Waals surface area contributed by atoms with Crippen LogP contribution in [0.2, 0.25) is 0 Å². The van der Waals surface area contributed by atoms with E-state index in [0.717, 1.165) is 65.7 Å². The minimum Gasteiger partial charge on any atom is -0.478 e. The van der Waals surface area contributed by atoms with E-state index < -0.39 is 21.9 Å². The fourth-order valence-corrected chi connectivity index (χ4v) is 9.32. The normalized spacial score (nSPS) is 13.7. The summed E-state index contributed by atoms with van der Waals surface area (Å²) in [6, 6.07) is 22.1. The number of rotatable bonds is 10. The molecule has 0 fully saturated rings. The van der Waals surface area contributed by atoms with Gasteiger partial charge in [-0.3, -0.25) is 18.9 Å². The van der Waals surface area contributed by atoms with E-state index in [-0.39, 0.29) is 21.9 Å². The average Bonchev–Trinajstić information content (AvgIpc) is 3.73. The first-order valence-electron chi connectivity index (χ1n) is 16.4. The summed E-state index contributed by atoms with van der Waals surface area (Å²) in [5, 5.41) is 15.5. The number of anilines is 3. The molecular formula is C38H34N4O6S2. The molecule has 12 heteroatoms. The number of carboxylic acids is 1. The second-order valence-corrected chi connectivity index (χ2v) is 15.3. The van der Waals surface area contributed by atoms with Crippen molar-refractivity contribution in [2.45, 2.75) is 49.8 Å². The van der Waals surface area contributed by atoms with Crippen molar-refractivity contribution in [3.05, 3.63) is 135 Å². The van der Waals surface area contributed by atoms with E-state index in [2.05, 4.69) is 15.6 Å². The number of fused-ring (bicyclic) bond motifs is 2. The number of aromatic nitrogens is 1. The van der Waals surface area contributed by atoms with Gasteiger partial charge in [-0.05, 0) is 116 Å². The van der Waals surface area contributed by atoms with Crippen molar-refractivity contribution in [3.8, 4) is 0 Å². The molecule has 0 atom stereocenters. The maximum absolute atomic E-state index is 13.8. The van der Waals surface area contributed by atoms with Crippen LogP contribution < -0.4 is 14.9 Å². The molecule has 2 aromatic heterocycles. The zero-order valence-electron chi connectivity index (χ0n) is 27.0. The molecule has 254 valence electrons. The van der Waals surface area contributed by atoms with Gasteiger partial charge in [0.25, 0.3) is 21.8 Å². The summed E-state index contributed by atoms with van der Waals surface area (Å²) in [6.07, 6.45) is 8.80. The fourth-order valence-electron chi connectivity index (χ4n) is 6.49. The van der Waals surface area contributed by atoms with Crippen molar-refractivity contribution in [2.75, 3.05) is 21.5 Å². The molecular weight excluding hydrogens is 673 g/mol. The molecule has 3 heterocycles. The smallest absolute Gasteiger partial charge is 0.335 e. The van der Waals surface area contributed by atoms with E-state index in [9.17, 15) is 22.8 Å². The molecule has 50 heavy (non-hydrogen) atoms. The molecule has 2 aliphatic rings. The van der Waals surface area contributed by atoms with Crippen molar-refractivity contribution in [2.24, 2.45) is 0 Å². The Morgan fingerprint density at radius 1 is 0.820 bits per heavy atom. The lowest BCUT2D eigenvalue weighted by Gasteiger charge is -2.19. The molecule has 0 saturated carbocycles. The van der Waals surface area contributed by atoms with Crippen LogP contribution in [0.15, 0.2) is 96.2 Å². The summed E-state index contributed by atoms with van der Waals surface area (Å²) in [5.41, 5.74) is 5.99. The Balaban J connectivity index is 1.06. The monoisotopic (exact) mass is 706 g/mol. The number of carbonyl (C=O) groups excluding carboxylic acids is 2. The quantitative estimate of drug-likeness (QED) is 0.146. The lowest BCUT2D eigenvalue weighted by atomic mass is 9.95. The van der Waals surface area contributed by atoms with Crippen LogP contribution in [0, 0.1) is 0 Å². The van der Waals surface area contributed by atoms with Crippen LogP contribution in [0.25, 0.3) is 0 Å². The highest BCUT2D eigenvalue weighted by molar-refractivity contribution is 7.92. The van der Waals surface area contributed by atoms with Gasteiger partial charge in [-0.2, -0.15) is 0 Å². The molecule has 0 bridgehead atoms. The molecule has 0 radical (unpaired) electrons. The maximum atomic E-state index is 13.8. The Kier molecular flexibility index (Phi) is 9.21. The van der Waals surface area contributed by atoms with Crippen LogP contribution in [-0.2, 0) is 42.1 Å². The van der Waals surface area contributed by atoms with Crippen LogP contribution in [0.5, 0.6) is 0 Å². The largest absolute Gasteiger partial charge is 0.478 e. The number of carboxylic acid groups (broad SMARTS) is 1. The first-order valence-corrected chi connectivity index (χ1v) is 18.7. The molecule has 1 aliphatic carbocycles. The number of sulfonamides is 1. The highest BCUT2D eigenvalue weighted by atomic mass is 32.2. The molecule has 10 nitrogen and oxygen atoms in total. The Labute approximate surface area is 293 Å². The first-order chi connectivity index (χ1) is 24.2. The van der Waals surface area contributed by atoms with Crippen LogP contribution in [-0.4, -0.2) is 42.8 Å². The molecule has 3 aromatic carbocycles. The summed E-state index contributed by atoms with van der Waals surface area (Å²) < 4.78 is 28.6. The molecule has 7 rings (SSSR count). The van der Waals surface area contributed by atoms with Gasteiger partial charge >= 0.3 is 5.97 Å². The summed E-state index contributed by atoms with van der Waals surface area (Å²) in [5.74, 6) is -1.76. The van der Waals surface area contributed by atoms with Gasteiger partial charge in [-0.1, -0.05) is 30.3 Å². The number of nitrogens with zero attached hydrogens (tertiary/aromatic N) is 2. The Hall–Kier alpha value is -5.33. The van der Waals surface area contributed by atoms with Crippen molar-refractivity contribution in [1.82, 2.24) is 4.98 Å². The zero-order valence-corrected chi connectivity index (χ0v) is 28.6. The lowest BCUT2D eigenvalue weighted by molar-refractivity contribution is 0.0696. The van der Waals surface area contributed by atoms with Crippen LogP contribution in [0.1, 0.15) is 71.0 Å². The molecule has 0 unspecified atom stereocenters. The van der Waals surface area contributed by atoms with Crippen molar-refractivity contribution in [3.63, 3.8) is 0 Å². The molecule has 5 aromatic rings. The van der Waals surface area contributed by atoms with Crippen LogP contribution in [0.4, 0.5) is 16.4 Å². The third-order valence-corrected chi connectivity index (χ3v) is 12.2. The predicted molar refractivity (Wildman–Crippen MR) is 193 cm³/mol. The minimum absolute atomic E-state index is 0.0118. The van der Waals surface area contributed by atoms with Gasteiger partial charge in [0.15, 0.2) is 0 Å². The maximum Gasteiger partial charge on any atom is 0.335 e. The second-order valence-electron chi connectivity index (χ2n) is 12.4. The van der Waals surface area contributed by atoms with Gasteiger partial charge in [0.2, 0.25) is 0 Å². The fraction of sp³-hybridized carbons (Fsp3) is 0.211. The second kappa shape index (κ2) is 13.9. The third-order valence-electron chi connectivity index (χ3n) is 9.16. The number of amides is 2. The Morgan fingerprint density at radius 2 is 1.54 bits per heavy atom. The van der Waals surface area contributed by atoms with Crippen LogP contribution >= 0.6 is 11.3 Å². The van der Waals surface area contributed by atoms with Crippen molar-refractivity contribution >= 4 is 55.5 Å². The predicted octanol–water partition coefficient (Wildman–Crippen LogP) is 6.76. The van der Waals surface area contributed by atoms with Gasteiger partial charge in [0.05, 0.1) is 21.7 Å². The van der Waals surface area contributed by atoms with Gasteiger partial charge in [0.1, 0.15) is 5.00 Å². The highest BCUT2D eigenvalue weighted by Crippen LogP contribution is 2.39. The molecule has 1 aliphatic heterocycles. The number of benzene rings is 3. The lowest BCUT2D eigenvalue weighted by Crippen LogP contribution is -2.29. The standard InChI is InChI=1S/C38H34N4O6S2/c43-35(27-4-3-5-30(22-27)50(47,48)42-21-19-28-23-39-20-18-32(28)42)41-37-34(31-6-1-2-7-33(31)49-37)36(44)40-29-16-12-25(13-17-29)9-8-24-10-14-26(15-11-24)38(45)46/h3-5,10-18,20,22-23H,1-2,6-9,19,21H2,(H,40,44)(H,41,43)(H,45,46). The number of nitrogens with one attached hydrogen (secondary N) is 2. The number of aromatic carboxylic acids is 1. The van der Waals surface area contributed by atoms with Gasteiger partial charge < -0.3 is 15.7 Å². The van der Waals surface area contributed by atoms with E-state index >= 15 is 0 Å². The van der Waals surface area contributed by atoms with Gasteiger partial charge in [-0.15, -0.1) is 11.3 Å². The average molecular weight is 707 g/mol. The van der Waals surface area contributed by atoms with Crippen molar-refractivity contribution < 1.29 is 27.9 Å². The number of hydrogen-bond acceptors (Lipinski definition) is 7. The van der Waals surface area contributed by atoms with E-state index in [1.165, 1.54) is 27.8 Å². The molecule has 0 spiro atoms. The highest BCUT2D eigenvalue weighted by Gasteiger charge is 2.32. The number of hydrogen-bond donors (Lipinski definition) is 3. The van der Waals surface area contributed by atoms with E-state index in [1.54, 1.807) is 42.7 Å². The van der Waals surface area contributed by atoms with Crippen LogP contribution in [0.3, 0.4) is 0 Å². The zero-order chi connectivity index (χ0) is 34.8. The minimum atomic E-state index is -3.92. The summed E-state index contributed by atoms with van der Waals surface area (Å²) >= 11 is 1.40.